The van der Waals surface area contributed by atoms with E-state index in [9.17, 15) is 10.1 Å². The average Bonchev–Trinajstić information content (AvgIpc) is 3.08. The molecule has 2 N–H and O–H groups in total. The molecule has 0 spiro atoms. The highest BCUT2D eigenvalue weighted by molar-refractivity contribution is 7.80. The molecule has 0 aromatic heterocycles. The largest absolute Gasteiger partial charge is 0.454 e. The monoisotopic (exact) mass is 358 g/mol. The van der Waals surface area contributed by atoms with Crippen molar-refractivity contribution in [2.75, 3.05) is 6.79 Å². The molecule has 9 heteroatoms. The molecule has 0 radical (unpaired) electrons. The molecule has 0 atom stereocenters. The van der Waals surface area contributed by atoms with E-state index >= 15 is 0 Å². The van der Waals surface area contributed by atoms with Crippen LogP contribution in [0, 0.1) is 10.1 Å². The predicted octanol–water partition coefficient (Wildman–Crippen LogP) is 2.32. The van der Waals surface area contributed by atoms with Crippen molar-refractivity contribution in [2.45, 2.75) is 6.54 Å². The number of nitrogens with one attached hydrogen (secondary N) is 2. The summed E-state index contributed by atoms with van der Waals surface area (Å²) in [5.74, 6) is 1.42. The summed E-state index contributed by atoms with van der Waals surface area (Å²) in [6.45, 7) is 0.704. The number of para-hydroxylation sites is 1. The zero-order valence-electron chi connectivity index (χ0n) is 13.0. The molecule has 0 fully saturated rings. The standard InChI is InChI=1S/C16H14N4O4S/c21-20(22)13-4-2-1-3-12(13)9-18-19-16(25)17-8-11-5-6-14-15(7-11)24-10-23-14/h1-7,9H,8,10H2,(H2,17,19,25)/b18-9-. The smallest absolute Gasteiger partial charge is 0.278 e. The molecule has 25 heavy (non-hydrogen) atoms. The van der Waals surface area contributed by atoms with E-state index in [0.717, 1.165) is 11.3 Å². The molecule has 0 bridgehead atoms. The molecule has 128 valence electrons. The summed E-state index contributed by atoms with van der Waals surface area (Å²) in [5.41, 5.74) is 3.97. The Balaban J connectivity index is 1.52. The SMILES string of the molecule is O=[N+]([O-])c1ccccc1/C=N\NC(=S)NCc1ccc2c(c1)OCO2. The number of hydrogen-bond acceptors (Lipinski definition) is 6. The molecular weight excluding hydrogens is 344 g/mol. The highest BCUT2D eigenvalue weighted by Crippen LogP contribution is 2.32. The second kappa shape index (κ2) is 7.58. The minimum absolute atomic E-state index is 0.0210. The zero-order valence-corrected chi connectivity index (χ0v) is 13.8. The number of benzene rings is 2. The normalized spacial score (nSPS) is 12.2. The minimum Gasteiger partial charge on any atom is -0.454 e. The van der Waals surface area contributed by atoms with Crippen molar-refractivity contribution in [3.05, 3.63) is 63.7 Å². The minimum atomic E-state index is -0.461. The van der Waals surface area contributed by atoms with Crippen LogP contribution in [0.4, 0.5) is 5.69 Å². The molecule has 1 aliphatic heterocycles. The third-order valence-electron chi connectivity index (χ3n) is 3.39. The Hall–Kier alpha value is -3.20. The molecule has 0 saturated carbocycles. The van der Waals surface area contributed by atoms with Crippen molar-refractivity contribution in [3.8, 4) is 11.5 Å². The lowest BCUT2D eigenvalue weighted by Gasteiger charge is -2.07. The Morgan fingerprint density at radius 3 is 2.92 bits per heavy atom. The van der Waals surface area contributed by atoms with Gasteiger partial charge in [-0.3, -0.25) is 15.5 Å². The summed E-state index contributed by atoms with van der Waals surface area (Å²) < 4.78 is 10.6. The summed E-state index contributed by atoms with van der Waals surface area (Å²) >= 11 is 5.13. The highest BCUT2D eigenvalue weighted by atomic mass is 32.1. The van der Waals surface area contributed by atoms with Gasteiger partial charge in [0, 0.05) is 12.6 Å². The molecule has 1 heterocycles. The van der Waals surface area contributed by atoms with Crippen molar-refractivity contribution in [1.29, 1.82) is 0 Å². The van der Waals surface area contributed by atoms with E-state index in [4.69, 9.17) is 21.7 Å². The molecule has 2 aromatic carbocycles. The zero-order chi connectivity index (χ0) is 17.6. The van der Waals surface area contributed by atoms with E-state index in [1.165, 1.54) is 12.3 Å². The van der Waals surface area contributed by atoms with Gasteiger partial charge in [-0.1, -0.05) is 18.2 Å². The third kappa shape index (κ3) is 4.21. The quantitative estimate of drug-likeness (QED) is 0.366. The van der Waals surface area contributed by atoms with Gasteiger partial charge in [-0.15, -0.1) is 0 Å². The van der Waals surface area contributed by atoms with Crippen LogP contribution in [0.5, 0.6) is 11.5 Å². The number of hydrogen-bond donors (Lipinski definition) is 2. The maximum atomic E-state index is 10.9. The first kappa shape index (κ1) is 16.7. The van der Waals surface area contributed by atoms with E-state index in [0.29, 0.717) is 23.0 Å². The fraction of sp³-hybridized carbons (Fsp3) is 0.125. The van der Waals surface area contributed by atoms with Gasteiger partial charge in [0.15, 0.2) is 16.6 Å². The number of thiocarbonyl (C=S) groups is 1. The van der Waals surface area contributed by atoms with Crippen molar-refractivity contribution in [3.63, 3.8) is 0 Å². The van der Waals surface area contributed by atoms with Crippen LogP contribution in [-0.2, 0) is 6.54 Å². The van der Waals surface area contributed by atoms with E-state index in [-0.39, 0.29) is 12.5 Å². The van der Waals surface area contributed by atoms with Crippen LogP contribution in [-0.4, -0.2) is 23.0 Å². The second-order valence-corrected chi connectivity index (χ2v) is 5.46. The van der Waals surface area contributed by atoms with Crippen LogP contribution < -0.4 is 20.2 Å². The Labute approximate surface area is 148 Å². The Morgan fingerprint density at radius 2 is 2.08 bits per heavy atom. The number of fused-ring (bicyclic) bond motifs is 1. The van der Waals surface area contributed by atoms with Gasteiger partial charge in [0.05, 0.1) is 16.7 Å². The Kier molecular flexibility index (Phi) is 5.05. The lowest BCUT2D eigenvalue weighted by molar-refractivity contribution is -0.385. The molecule has 2 aromatic rings. The first-order valence-corrected chi connectivity index (χ1v) is 7.73. The maximum Gasteiger partial charge on any atom is 0.278 e. The molecule has 1 aliphatic rings. The van der Waals surface area contributed by atoms with Crippen molar-refractivity contribution < 1.29 is 14.4 Å². The topological polar surface area (TPSA) is 98.0 Å². The number of ether oxygens (including phenoxy) is 2. The number of nitrogens with zero attached hydrogens (tertiary/aromatic N) is 2. The van der Waals surface area contributed by atoms with Gasteiger partial charge >= 0.3 is 0 Å². The number of nitro groups is 1. The lowest BCUT2D eigenvalue weighted by atomic mass is 10.2. The van der Waals surface area contributed by atoms with Gasteiger partial charge in [0.25, 0.3) is 5.69 Å². The third-order valence-corrected chi connectivity index (χ3v) is 3.63. The summed E-state index contributed by atoms with van der Waals surface area (Å²) in [7, 11) is 0. The number of nitro benzene ring substituents is 1. The van der Waals surface area contributed by atoms with Gasteiger partial charge in [-0.2, -0.15) is 5.10 Å². The van der Waals surface area contributed by atoms with Crippen LogP contribution in [0.1, 0.15) is 11.1 Å². The Bertz CT molecular complexity index is 841. The summed E-state index contributed by atoms with van der Waals surface area (Å²) in [6, 6.07) is 11.9. The summed E-state index contributed by atoms with van der Waals surface area (Å²) in [6.07, 6.45) is 1.35. The van der Waals surface area contributed by atoms with E-state index < -0.39 is 4.92 Å². The first-order chi connectivity index (χ1) is 12.1. The van der Waals surface area contributed by atoms with Gasteiger partial charge in [-0.25, -0.2) is 0 Å². The first-order valence-electron chi connectivity index (χ1n) is 7.32. The fourth-order valence-electron chi connectivity index (χ4n) is 2.20. The van der Waals surface area contributed by atoms with Crippen molar-refractivity contribution >= 4 is 29.2 Å². The van der Waals surface area contributed by atoms with Crippen molar-refractivity contribution in [2.24, 2.45) is 5.10 Å². The van der Waals surface area contributed by atoms with E-state index in [2.05, 4.69) is 15.8 Å². The van der Waals surface area contributed by atoms with Crippen LogP contribution in [0.2, 0.25) is 0 Å². The van der Waals surface area contributed by atoms with Crippen LogP contribution in [0.25, 0.3) is 0 Å². The molecule has 8 nitrogen and oxygen atoms in total. The summed E-state index contributed by atoms with van der Waals surface area (Å²) in [5, 5.41) is 18.1. The second-order valence-electron chi connectivity index (χ2n) is 5.06. The Morgan fingerprint density at radius 1 is 1.28 bits per heavy atom. The van der Waals surface area contributed by atoms with Gasteiger partial charge in [0.1, 0.15) is 0 Å². The average molecular weight is 358 g/mol. The number of hydrazone groups is 1. The lowest BCUT2D eigenvalue weighted by Crippen LogP contribution is -2.31. The van der Waals surface area contributed by atoms with E-state index in [1.54, 1.807) is 18.2 Å². The van der Waals surface area contributed by atoms with Gasteiger partial charge in [-0.05, 0) is 36.0 Å². The summed E-state index contributed by atoms with van der Waals surface area (Å²) in [4.78, 5) is 10.5. The highest BCUT2D eigenvalue weighted by Gasteiger charge is 2.13. The van der Waals surface area contributed by atoms with Crippen LogP contribution in [0.3, 0.4) is 0 Å². The van der Waals surface area contributed by atoms with Gasteiger partial charge < -0.3 is 14.8 Å². The molecule has 0 amide bonds. The fourth-order valence-corrected chi connectivity index (χ4v) is 2.32. The van der Waals surface area contributed by atoms with Crippen molar-refractivity contribution in [1.82, 2.24) is 10.7 Å². The van der Waals surface area contributed by atoms with Crippen LogP contribution >= 0.6 is 12.2 Å². The molecule has 3 rings (SSSR count). The molecular formula is C16H14N4O4S. The molecule has 0 aliphatic carbocycles. The van der Waals surface area contributed by atoms with E-state index in [1.807, 2.05) is 18.2 Å². The molecule has 0 saturated heterocycles. The molecule has 0 unspecified atom stereocenters. The van der Waals surface area contributed by atoms with Gasteiger partial charge in [0.2, 0.25) is 6.79 Å². The maximum absolute atomic E-state index is 10.9. The van der Waals surface area contributed by atoms with Crippen LogP contribution in [0.15, 0.2) is 47.6 Å². The predicted molar refractivity (Wildman–Crippen MR) is 95.8 cm³/mol. The number of rotatable bonds is 5.